The Morgan fingerprint density at radius 1 is 0.868 bits per heavy atom. The summed E-state index contributed by atoms with van der Waals surface area (Å²) in [5.74, 6) is 0. The van der Waals surface area contributed by atoms with E-state index in [2.05, 4.69) is 96.4 Å². The smallest absolute Gasteiger partial charge is 0.145 e. The number of hydrogen-bond acceptors (Lipinski definition) is 3. The van der Waals surface area contributed by atoms with Gasteiger partial charge < -0.3 is 5.32 Å². The molecule has 0 amide bonds. The van der Waals surface area contributed by atoms with Crippen LogP contribution in [0.15, 0.2) is 102 Å². The van der Waals surface area contributed by atoms with E-state index < -0.39 is 0 Å². The van der Waals surface area contributed by atoms with Crippen molar-refractivity contribution in [1.29, 1.82) is 5.26 Å². The zero-order valence-electron chi connectivity index (χ0n) is 21.6. The summed E-state index contributed by atoms with van der Waals surface area (Å²) in [4.78, 5) is 5.17. The van der Waals surface area contributed by atoms with Crippen LogP contribution in [0.4, 0.5) is 0 Å². The molecule has 4 aliphatic rings. The first-order valence-corrected chi connectivity index (χ1v) is 13.9. The van der Waals surface area contributed by atoms with Gasteiger partial charge in [0.25, 0.3) is 0 Å². The Hall–Kier alpha value is -4.16. The summed E-state index contributed by atoms with van der Waals surface area (Å²) in [6, 6.07) is 26.1. The van der Waals surface area contributed by atoms with Crippen molar-refractivity contribution >= 4 is 11.4 Å². The molecule has 3 aliphatic carbocycles. The van der Waals surface area contributed by atoms with Gasteiger partial charge in [-0.2, -0.15) is 5.26 Å². The first kappa shape index (κ1) is 23.0. The summed E-state index contributed by atoms with van der Waals surface area (Å²) in [5, 5.41) is 13.5. The molecule has 3 aromatic carbocycles. The molecule has 0 saturated heterocycles. The highest BCUT2D eigenvalue weighted by molar-refractivity contribution is 6.13. The van der Waals surface area contributed by atoms with Crippen LogP contribution in [-0.4, -0.2) is 11.9 Å². The van der Waals surface area contributed by atoms with Gasteiger partial charge in [0.15, 0.2) is 0 Å². The lowest BCUT2D eigenvalue weighted by Crippen LogP contribution is -2.33. The Bertz CT molecular complexity index is 1570. The van der Waals surface area contributed by atoms with E-state index in [9.17, 15) is 5.26 Å². The number of nitrogens with one attached hydrogen (secondary N) is 1. The molecule has 0 aromatic heterocycles. The molecule has 1 heterocycles. The van der Waals surface area contributed by atoms with Gasteiger partial charge >= 0.3 is 0 Å². The molecule has 7 rings (SSSR count). The normalized spacial score (nSPS) is 20.9. The van der Waals surface area contributed by atoms with Crippen LogP contribution in [0, 0.1) is 11.3 Å². The Balaban J connectivity index is 1.42. The van der Waals surface area contributed by atoms with Crippen LogP contribution in [0.25, 0.3) is 16.8 Å². The Morgan fingerprint density at radius 2 is 1.74 bits per heavy atom. The second kappa shape index (κ2) is 9.30. The molecule has 1 aliphatic heterocycles. The summed E-state index contributed by atoms with van der Waals surface area (Å²) in [6.07, 6.45) is 17.1. The van der Waals surface area contributed by atoms with E-state index in [1.54, 1.807) is 0 Å². The third-order valence-corrected chi connectivity index (χ3v) is 8.76. The summed E-state index contributed by atoms with van der Waals surface area (Å²) in [5.41, 5.74) is 11.9. The number of allylic oxidation sites excluding steroid dienone is 3. The fraction of sp³-hybridized carbons (Fsp3) is 0.257. The molecule has 0 bridgehead atoms. The minimum Gasteiger partial charge on any atom is -0.360 e. The zero-order valence-corrected chi connectivity index (χ0v) is 21.6. The zero-order chi connectivity index (χ0) is 25.5. The molecule has 1 fully saturated rings. The predicted octanol–water partition coefficient (Wildman–Crippen LogP) is 7.82. The van der Waals surface area contributed by atoms with Crippen LogP contribution in [0.5, 0.6) is 0 Å². The van der Waals surface area contributed by atoms with Crippen molar-refractivity contribution in [3.8, 4) is 17.2 Å². The van der Waals surface area contributed by atoms with E-state index in [-0.39, 0.29) is 11.6 Å². The molecule has 1 unspecified atom stereocenters. The van der Waals surface area contributed by atoms with Crippen molar-refractivity contribution in [3.05, 3.63) is 124 Å². The summed E-state index contributed by atoms with van der Waals surface area (Å²) in [6.45, 7) is 0. The molecule has 38 heavy (non-hydrogen) atoms. The molecule has 3 heteroatoms. The maximum absolute atomic E-state index is 9.73. The van der Waals surface area contributed by atoms with E-state index in [0.29, 0.717) is 0 Å². The highest BCUT2D eigenvalue weighted by Crippen LogP contribution is 2.57. The van der Waals surface area contributed by atoms with Crippen molar-refractivity contribution in [2.75, 3.05) is 0 Å². The number of aliphatic imine (C=N–C) groups is 1. The van der Waals surface area contributed by atoms with E-state index in [4.69, 9.17) is 4.99 Å². The van der Waals surface area contributed by atoms with Crippen LogP contribution in [0.2, 0.25) is 0 Å². The average Bonchev–Trinajstić information content (AvgIpc) is 3.26. The molecule has 1 N–H and O–H groups in total. The lowest BCUT2D eigenvalue weighted by Gasteiger charge is -2.36. The first-order chi connectivity index (χ1) is 18.8. The number of benzene rings is 3. The van der Waals surface area contributed by atoms with Gasteiger partial charge in [0.2, 0.25) is 0 Å². The van der Waals surface area contributed by atoms with Gasteiger partial charge in [-0.3, -0.25) is 4.99 Å². The van der Waals surface area contributed by atoms with Crippen molar-refractivity contribution in [3.63, 3.8) is 0 Å². The topological polar surface area (TPSA) is 48.2 Å². The average molecular weight is 494 g/mol. The van der Waals surface area contributed by atoms with Crippen LogP contribution >= 0.6 is 0 Å². The standard InChI is InChI=1S/C35H31N3/c36-23-24-17-18-27-30(21-24)35(19-8-3-9-20-35)29-16-10-15-28(33(27)29)32-22-31(25-11-4-1-5-12-25)37-34(38-32)26-13-6-2-7-14-26/h1,4-6,10-18,21-22,34,38H,2-3,7-9,19-20H2. The molecule has 0 radical (unpaired) electrons. The third-order valence-electron chi connectivity index (χ3n) is 8.76. The van der Waals surface area contributed by atoms with E-state index >= 15 is 0 Å². The molecule has 1 atom stereocenters. The SMILES string of the molecule is N#Cc1ccc2c(c1)C1(CCCCC1)c1cccc(C3=CC(c4ccccc4)=NC(C4=CCCC=C4)N3)c1-2. The Morgan fingerprint density at radius 3 is 2.53 bits per heavy atom. The largest absolute Gasteiger partial charge is 0.360 e. The number of nitrogens with zero attached hydrogens (tertiary/aromatic N) is 2. The molecule has 186 valence electrons. The van der Waals surface area contributed by atoms with E-state index in [1.165, 1.54) is 52.7 Å². The van der Waals surface area contributed by atoms with Crippen molar-refractivity contribution < 1.29 is 0 Å². The maximum Gasteiger partial charge on any atom is 0.145 e. The molecule has 3 nitrogen and oxygen atoms in total. The van der Waals surface area contributed by atoms with Crippen LogP contribution in [0.1, 0.15) is 72.8 Å². The fourth-order valence-corrected chi connectivity index (χ4v) is 6.98. The molecule has 3 aromatic rings. The maximum atomic E-state index is 9.73. The lowest BCUT2D eigenvalue weighted by atomic mass is 9.67. The lowest BCUT2D eigenvalue weighted by molar-refractivity contribution is 0.353. The van der Waals surface area contributed by atoms with Crippen LogP contribution in [0.3, 0.4) is 0 Å². The third kappa shape index (κ3) is 3.67. The van der Waals surface area contributed by atoms with Gasteiger partial charge in [0, 0.05) is 16.7 Å². The molecular formula is C35H31N3. The predicted molar refractivity (Wildman–Crippen MR) is 155 cm³/mol. The van der Waals surface area contributed by atoms with Gasteiger partial charge in [-0.1, -0.05) is 92.1 Å². The first-order valence-electron chi connectivity index (χ1n) is 13.9. The molecular weight excluding hydrogens is 462 g/mol. The minimum absolute atomic E-state index is 0.00536. The van der Waals surface area contributed by atoms with Gasteiger partial charge in [-0.15, -0.1) is 0 Å². The quantitative estimate of drug-likeness (QED) is 0.404. The second-order valence-corrected chi connectivity index (χ2v) is 10.9. The summed E-state index contributed by atoms with van der Waals surface area (Å²) < 4.78 is 0. The summed E-state index contributed by atoms with van der Waals surface area (Å²) in [7, 11) is 0. The van der Waals surface area contributed by atoms with Crippen molar-refractivity contribution in [2.24, 2.45) is 4.99 Å². The van der Waals surface area contributed by atoms with Gasteiger partial charge in [0.05, 0.1) is 17.3 Å². The second-order valence-electron chi connectivity index (χ2n) is 10.9. The highest BCUT2D eigenvalue weighted by atomic mass is 15.1. The Labute approximate surface area is 224 Å². The number of hydrogen-bond donors (Lipinski definition) is 1. The van der Waals surface area contributed by atoms with Crippen molar-refractivity contribution in [2.45, 2.75) is 56.5 Å². The van der Waals surface area contributed by atoms with E-state index in [1.807, 2.05) is 6.07 Å². The van der Waals surface area contributed by atoms with Gasteiger partial charge in [-0.25, -0.2) is 0 Å². The van der Waals surface area contributed by atoms with Gasteiger partial charge in [0.1, 0.15) is 6.17 Å². The summed E-state index contributed by atoms with van der Waals surface area (Å²) >= 11 is 0. The van der Waals surface area contributed by atoms with Crippen LogP contribution < -0.4 is 5.32 Å². The number of nitriles is 1. The highest BCUT2D eigenvalue weighted by Gasteiger charge is 2.45. The molecule has 1 spiro atoms. The van der Waals surface area contributed by atoms with Crippen LogP contribution in [-0.2, 0) is 5.41 Å². The minimum atomic E-state index is -0.122. The number of fused-ring (bicyclic) bond motifs is 5. The van der Waals surface area contributed by atoms with E-state index in [0.717, 1.165) is 48.2 Å². The monoisotopic (exact) mass is 493 g/mol. The Kier molecular flexibility index (Phi) is 5.63. The van der Waals surface area contributed by atoms with Gasteiger partial charge in [-0.05, 0) is 77.3 Å². The fourth-order valence-electron chi connectivity index (χ4n) is 6.98. The van der Waals surface area contributed by atoms with Crippen molar-refractivity contribution in [1.82, 2.24) is 5.32 Å². The molecule has 1 saturated carbocycles. The number of rotatable bonds is 3.